The molecule has 2 heterocycles. The highest BCUT2D eigenvalue weighted by Gasteiger charge is 2.24. The Labute approximate surface area is 115 Å². The van der Waals surface area contributed by atoms with Gasteiger partial charge in [-0.3, -0.25) is 4.79 Å². The lowest BCUT2D eigenvalue weighted by atomic mass is 9.98. The van der Waals surface area contributed by atoms with Crippen molar-refractivity contribution in [3.8, 4) is 0 Å². The van der Waals surface area contributed by atoms with Crippen molar-refractivity contribution in [3.63, 3.8) is 0 Å². The number of rotatable bonds is 0. The molecule has 1 N–H and O–H groups in total. The Morgan fingerprint density at radius 1 is 1.20 bits per heavy atom. The highest BCUT2D eigenvalue weighted by molar-refractivity contribution is 5.82. The van der Waals surface area contributed by atoms with Crippen LogP contribution < -0.4 is 10.9 Å². The van der Waals surface area contributed by atoms with E-state index >= 15 is 0 Å². The van der Waals surface area contributed by atoms with Crippen molar-refractivity contribution in [2.75, 3.05) is 5.32 Å². The fourth-order valence-corrected chi connectivity index (χ4v) is 2.84. The van der Waals surface area contributed by atoms with Crippen molar-refractivity contribution < 1.29 is 0 Å². The number of nitrogens with zero attached hydrogens (tertiary/aromatic N) is 2. The van der Waals surface area contributed by atoms with Crippen molar-refractivity contribution in [2.45, 2.75) is 12.8 Å². The molecule has 2 aliphatic rings. The number of nitrogens with one attached hydrogen (secondary N) is 1. The molecule has 0 unspecified atom stereocenters. The van der Waals surface area contributed by atoms with Gasteiger partial charge in [0.2, 0.25) is 5.95 Å². The Balaban J connectivity index is 2.10. The number of para-hydroxylation sites is 1. The first kappa shape index (κ1) is 11.2. The van der Waals surface area contributed by atoms with E-state index in [-0.39, 0.29) is 5.56 Å². The van der Waals surface area contributed by atoms with Crippen LogP contribution in [0.25, 0.3) is 16.6 Å². The molecule has 4 rings (SSSR count). The monoisotopic (exact) mass is 263 g/mol. The molecule has 4 heteroatoms. The van der Waals surface area contributed by atoms with Gasteiger partial charge in [-0.2, -0.15) is 0 Å². The number of allylic oxidation sites excluding steroid dienone is 4. The topological polar surface area (TPSA) is 46.9 Å². The van der Waals surface area contributed by atoms with Crippen LogP contribution >= 0.6 is 0 Å². The van der Waals surface area contributed by atoms with Gasteiger partial charge in [0.15, 0.2) is 0 Å². The average Bonchev–Trinajstić information content (AvgIpc) is 2.47. The Morgan fingerprint density at radius 3 is 2.90 bits per heavy atom. The van der Waals surface area contributed by atoms with E-state index in [0.717, 1.165) is 29.8 Å². The molecule has 0 atom stereocenters. The third-order valence-electron chi connectivity index (χ3n) is 3.82. The van der Waals surface area contributed by atoms with E-state index in [1.807, 2.05) is 24.3 Å². The number of hydrogen-bond donors (Lipinski definition) is 1. The Hall–Kier alpha value is -2.62. The zero-order chi connectivity index (χ0) is 13.7. The van der Waals surface area contributed by atoms with Crippen LogP contribution in [0.1, 0.15) is 12.8 Å². The number of aromatic nitrogens is 2. The fraction of sp³-hybridized carbons (Fsp3) is 0.125. The van der Waals surface area contributed by atoms with Crippen LogP contribution in [0.3, 0.4) is 0 Å². The summed E-state index contributed by atoms with van der Waals surface area (Å²) in [6, 6.07) is 7.42. The molecule has 0 radical (unpaired) electrons. The van der Waals surface area contributed by atoms with Crippen LogP contribution in [-0.4, -0.2) is 9.55 Å². The first-order valence-corrected chi connectivity index (χ1v) is 6.61. The fourth-order valence-electron chi connectivity index (χ4n) is 2.84. The summed E-state index contributed by atoms with van der Waals surface area (Å²) in [6.07, 6.45) is 5.74. The highest BCUT2D eigenvalue weighted by atomic mass is 16.1. The molecule has 4 nitrogen and oxygen atoms in total. The van der Waals surface area contributed by atoms with Gasteiger partial charge in [0.1, 0.15) is 0 Å². The van der Waals surface area contributed by atoms with Gasteiger partial charge in [0, 0.05) is 17.8 Å². The summed E-state index contributed by atoms with van der Waals surface area (Å²) in [4.78, 5) is 17.3. The molecule has 0 fully saturated rings. The van der Waals surface area contributed by atoms with Crippen LogP contribution in [0.4, 0.5) is 5.95 Å². The zero-order valence-electron chi connectivity index (χ0n) is 10.9. The van der Waals surface area contributed by atoms with E-state index in [0.29, 0.717) is 16.9 Å². The van der Waals surface area contributed by atoms with Gasteiger partial charge in [-0.05, 0) is 24.1 Å². The molecular weight excluding hydrogens is 250 g/mol. The SMILES string of the molecule is C=C1Nc2nc3ccccc3c(=O)n2C2=C1CC=CC2. The van der Waals surface area contributed by atoms with Crippen molar-refractivity contribution in [1.82, 2.24) is 9.55 Å². The molecular formula is C16H13N3O. The second-order valence-corrected chi connectivity index (χ2v) is 5.00. The maximum atomic E-state index is 12.7. The van der Waals surface area contributed by atoms with Gasteiger partial charge in [-0.15, -0.1) is 0 Å². The Kier molecular flexibility index (Phi) is 2.21. The van der Waals surface area contributed by atoms with E-state index in [1.165, 1.54) is 0 Å². The maximum absolute atomic E-state index is 12.7. The number of hydrogen-bond acceptors (Lipinski definition) is 3. The minimum atomic E-state index is -0.0200. The van der Waals surface area contributed by atoms with Crippen LogP contribution in [0.15, 0.2) is 59.1 Å². The maximum Gasteiger partial charge on any atom is 0.267 e. The number of fused-ring (bicyclic) bond motifs is 3. The second kappa shape index (κ2) is 3.93. The van der Waals surface area contributed by atoms with E-state index < -0.39 is 0 Å². The summed E-state index contributed by atoms with van der Waals surface area (Å²) >= 11 is 0. The van der Waals surface area contributed by atoms with Gasteiger partial charge in [0.25, 0.3) is 5.56 Å². The summed E-state index contributed by atoms with van der Waals surface area (Å²) in [5.74, 6) is 0.563. The van der Waals surface area contributed by atoms with Crippen LogP contribution in [0, 0.1) is 0 Å². The van der Waals surface area contributed by atoms with Crippen LogP contribution in [-0.2, 0) is 0 Å². The molecule has 1 aliphatic heterocycles. The zero-order valence-corrected chi connectivity index (χ0v) is 10.9. The third kappa shape index (κ3) is 1.42. The standard InChI is InChI=1S/C16H13N3O/c1-10-11-6-3-5-9-14(11)19-15(20)12-7-2-4-8-13(12)18-16(19)17-10/h2-5,7-8H,1,6,9H2,(H,17,18). The third-order valence-corrected chi connectivity index (χ3v) is 3.82. The van der Waals surface area contributed by atoms with Crippen molar-refractivity contribution in [2.24, 2.45) is 0 Å². The molecule has 0 spiro atoms. The van der Waals surface area contributed by atoms with E-state index in [2.05, 4.69) is 29.0 Å². The minimum absolute atomic E-state index is 0.0200. The van der Waals surface area contributed by atoms with Crippen molar-refractivity contribution >= 4 is 22.5 Å². The summed E-state index contributed by atoms with van der Waals surface area (Å²) in [7, 11) is 0. The molecule has 0 saturated carbocycles. The molecule has 1 aromatic carbocycles. The largest absolute Gasteiger partial charge is 0.325 e. The van der Waals surface area contributed by atoms with E-state index in [4.69, 9.17) is 0 Å². The molecule has 0 bridgehead atoms. The van der Waals surface area contributed by atoms with Crippen molar-refractivity contribution in [3.05, 3.63) is 64.6 Å². The predicted molar refractivity (Wildman–Crippen MR) is 80.4 cm³/mol. The normalized spacial score (nSPS) is 16.9. The quantitative estimate of drug-likeness (QED) is 0.743. The Morgan fingerprint density at radius 2 is 2.00 bits per heavy atom. The first-order chi connectivity index (χ1) is 9.75. The minimum Gasteiger partial charge on any atom is -0.325 e. The van der Waals surface area contributed by atoms with Crippen LogP contribution in [0.2, 0.25) is 0 Å². The molecule has 20 heavy (non-hydrogen) atoms. The number of benzene rings is 1. The lowest BCUT2D eigenvalue weighted by Gasteiger charge is -2.28. The molecule has 2 aromatic rings. The van der Waals surface area contributed by atoms with E-state index in [1.54, 1.807) is 4.57 Å². The second-order valence-electron chi connectivity index (χ2n) is 5.00. The van der Waals surface area contributed by atoms with Gasteiger partial charge in [-0.1, -0.05) is 30.9 Å². The molecule has 0 saturated heterocycles. The van der Waals surface area contributed by atoms with Gasteiger partial charge in [-0.25, -0.2) is 9.55 Å². The van der Waals surface area contributed by atoms with Gasteiger partial charge in [0.05, 0.1) is 10.9 Å². The van der Waals surface area contributed by atoms with E-state index in [9.17, 15) is 4.79 Å². The molecule has 98 valence electrons. The lowest BCUT2D eigenvalue weighted by Crippen LogP contribution is -2.29. The molecule has 1 aliphatic carbocycles. The van der Waals surface area contributed by atoms with Crippen LogP contribution in [0.5, 0.6) is 0 Å². The Bertz CT molecular complexity index is 871. The number of anilines is 1. The highest BCUT2D eigenvalue weighted by Crippen LogP contribution is 2.33. The summed E-state index contributed by atoms with van der Waals surface area (Å²) in [6.45, 7) is 4.05. The van der Waals surface area contributed by atoms with Gasteiger partial charge >= 0.3 is 0 Å². The molecule has 1 aromatic heterocycles. The lowest BCUT2D eigenvalue weighted by molar-refractivity contribution is 0.902. The smallest absolute Gasteiger partial charge is 0.267 e. The van der Waals surface area contributed by atoms with Crippen molar-refractivity contribution in [1.29, 1.82) is 0 Å². The average molecular weight is 263 g/mol. The summed E-state index contributed by atoms with van der Waals surface area (Å²) < 4.78 is 1.69. The summed E-state index contributed by atoms with van der Waals surface area (Å²) in [5.41, 5.74) is 3.62. The molecule has 0 amide bonds. The first-order valence-electron chi connectivity index (χ1n) is 6.61. The van der Waals surface area contributed by atoms with Gasteiger partial charge < -0.3 is 5.32 Å². The summed E-state index contributed by atoms with van der Waals surface area (Å²) in [5, 5.41) is 3.80. The predicted octanol–water partition coefficient (Wildman–Crippen LogP) is 2.90.